The van der Waals surface area contributed by atoms with Crippen LogP contribution in [0.4, 0.5) is 0 Å². The Kier molecular flexibility index (Phi) is 4.54. The summed E-state index contributed by atoms with van der Waals surface area (Å²) in [6.07, 6.45) is 5.20. The minimum atomic E-state index is -0.277. The Morgan fingerprint density at radius 3 is 2.42 bits per heavy atom. The predicted octanol–water partition coefficient (Wildman–Crippen LogP) is 2.66. The largest absolute Gasteiger partial charge is 0.352 e. The number of nitrogens with one attached hydrogen (secondary N) is 1. The molecule has 1 aliphatic heterocycles. The summed E-state index contributed by atoms with van der Waals surface area (Å²) in [5.74, 6) is 1.88. The second kappa shape index (κ2) is 5.82. The number of piperidine rings is 1. The molecule has 2 atom stereocenters. The predicted molar refractivity (Wildman–Crippen MR) is 78.9 cm³/mol. The lowest BCUT2D eigenvalue weighted by Crippen LogP contribution is -2.53. The van der Waals surface area contributed by atoms with Crippen molar-refractivity contribution in [1.82, 2.24) is 10.2 Å². The molecular weight excluding hydrogens is 236 g/mol. The summed E-state index contributed by atoms with van der Waals surface area (Å²) in [4.78, 5) is 14.7. The van der Waals surface area contributed by atoms with E-state index in [-0.39, 0.29) is 11.3 Å². The summed E-state index contributed by atoms with van der Waals surface area (Å²) in [5.41, 5.74) is -0.277. The van der Waals surface area contributed by atoms with Crippen LogP contribution in [0.5, 0.6) is 0 Å². The molecule has 110 valence electrons. The number of rotatable bonds is 4. The van der Waals surface area contributed by atoms with Gasteiger partial charge < -0.3 is 10.2 Å². The third-order valence-electron chi connectivity index (χ3n) is 4.42. The fraction of sp³-hybridized carbons (Fsp3) is 0.938. The SMILES string of the molecule is CCC1CC(NC(=O)C(C)(C)C)CN(CC2CC2)C1. The highest BCUT2D eigenvalue weighted by atomic mass is 16.2. The number of likely N-dealkylation sites (tertiary alicyclic amines) is 1. The zero-order valence-corrected chi connectivity index (χ0v) is 13.0. The molecule has 1 aliphatic carbocycles. The van der Waals surface area contributed by atoms with Crippen LogP contribution >= 0.6 is 0 Å². The maximum Gasteiger partial charge on any atom is 0.225 e. The third kappa shape index (κ3) is 4.48. The standard InChI is InChI=1S/C16H30N2O/c1-5-12-8-14(17-15(19)16(2,3)4)11-18(9-12)10-13-6-7-13/h12-14H,5-11H2,1-4H3,(H,17,19). The van der Waals surface area contributed by atoms with E-state index in [1.165, 1.54) is 32.4 Å². The van der Waals surface area contributed by atoms with Gasteiger partial charge in [-0.2, -0.15) is 0 Å². The molecule has 2 fully saturated rings. The first-order valence-corrected chi connectivity index (χ1v) is 7.91. The van der Waals surface area contributed by atoms with Crippen LogP contribution in [0.2, 0.25) is 0 Å². The first-order chi connectivity index (χ1) is 8.88. The van der Waals surface area contributed by atoms with Crippen molar-refractivity contribution in [2.75, 3.05) is 19.6 Å². The Bertz CT molecular complexity index is 317. The highest BCUT2D eigenvalue weighted by molar-refractivity contribution is 5.81. The molecule has 1 saturated carbocycles. The first-order valence-electron chi connectivity index (χ1n) is 7.91. The molecule has 2 unspecified atom stereocenters. The molecule has 3 nitrogen and oxygen atoms in total. The van der Waals surface area contributed by atoms with Crippen LogP contribution in [0.15, 0.2) is 0 Å². The molecule has 1 N–H and O–H groups in total. The van der Waals surface area contributed by atoms with Gasteiger partial charge in [-0.3, -0.25) is 4.79 Å². The molecule has 2 rings (SSSR count). The molecular formula is C16H30N2O. The van der Waals surface area contributed by atoms with Gasteiger partial charge in [0.2, 0.25) is 5.91 Å². The molecule has 1 amide bonds. The molecule has 2 aliphatic rings. The number of hydrogen-bond donors (Lipinski definition) is 1. The van der Waals surface area contributed by atoms with Crippen LogP contribution in [0.3, 0.4) is 0 Å². The average Bonchev–Trinajstić information content (AvgIpc) is 3.11. The minimum Gasteiger partial charge on any atom is -0.352 e. The van der Waals surface area contributed by atoms with E-state index in [1.54, 1.807) is 0 Å². The van der Waals surface area contributed by atoms with Crippen LogP contribution in [0.1, 0.15) is 53.4 Å². The van der Waals surface area contributed by atoms with Gasteiger partial charge in [0.15, 0.2) is 0 Å². The quantitative estimate of drug-likeness (QED) is 0.848. The van der Waals surface area contributed by atoms with Crippen molar-refractivity contribution in [3.8, 4) is 0 Å². The fourth-order valence-electron chi connectivity index (χ4n) is 2.92. The molecule has 0 bridgehead atoms. The van der Waals surface area contributed by atoms with E-state index in [0.717, 1.165) is 24.8 Å². The summed E-state index contributed by atoms with van der Waals surface area (Å²) in [5, 5.41) is 3.27. The summed E-state index contributed by atoms with van der Waals surface area (Å²) in [6, 6.07) is 0.351. The van der Waals surface area contributed by atoms with Gasteiger partial charge in [-0.05, 0) is 31.1 Å². The Hall–Kier alpha value is -0.570. The molecule has 0 spiro atoms. The van der Waals surface area contributed by atoms with Crippen molar-refractivity contribution < 1.29 is 4.79 Å². The Morgan fingerprint density at radius 2 is 1.89 bits per heavy atom. The fourth-order valence-corrected chi connectivity index (χ4v) is 2.92. The van der Waals surface area contributed by atoms with E-state index in [9.17, 15) is 4.79 Å². The second-order valence-electron chi connectivity index (χ2n) is 7.59. The molecule has 0 aromatic carbocycles. The first kappa shape index (κ1) is 14.8. The van der Waals surface area contributed by atoms with Crippen molar-refractivity contribution in [2.45, 2.75) is 59.4 Å². The lowest BCUT2D eigenvalue weighted by molar-refractivity contribution is -0.129. The van der Waals surface area contributed by atoms with Crippen LogP contribution in [0, 0.1) is 17.3 Å². The van der Waals surface area contributed by atoms with Gasteiger partial charge in [0, 0.05) is 31.1 Å². The van der Waals surface area contributed by atoms with Gasteiger partial charge in [0.05, 0.1) is 0 Å². The molecule has 0 aromatic heterocycles. The van der Waals surface area contributed by atoms with Gasteiger partial charge in [0.25, 0.3) is 0 Å². The van der Waals surface area contributed by atoms with E-state index in [4.69, 9.17) is 0 Å². The van der Waals surface area contributed by atoms with Crippen molar-refractivity contribution >= 4 is 5.91 Å². The van der Waals surface area contributed by atoms with E-state index in [0.29, 0.717) is 6.04 Å². The molecule has 3 heteroatoms. The Morgan fingerprint density at radius 1 is 1.21 bits per heavy atom. The average molecular weight is 266 g/mol. The van der Waals surface area contributed by atoms with Gasteiger partial charge in [0.1, 0.15) is 0 Å². The zero-order valence-electron chi connectivity index (χ0n) is 13.0. The van der Waals surface area contributed by atoms with Crippen molar-refractivity contribution in [3.63, 3.8) is 0 Å². The summed E-state index contributed by atoms with van der Waals surface area (Å²) >= 11 is 0. The Labute approximate surface area is 118 Å². The highest BCUT2D eigenvalue weighted by Crippen LogP contribution is 2.31. The summed E-state index contributed by atoms with van der Waals surface area (Å²) in [7, 11) is 0. The van der Waals surface area contributed by atoms with Gasteiger partial charge in [-0.25, -0.2) is 0 Å². The molecule has 1 heterocycles. The van der Waals surface area contributed by atoms with Crippen molar-refractivity contribution in [3.05, 3.63) is 0 Å². The van der Waals surface area contributed by atoms with Crippen molar-refractivity contribution in [2.24, 2.45) is 17.3 Å². The molecule has 0 radical (unpaired) electrons. The van der Waals surface area contributed by atoms with E-state index in [1.807, 2.05) is 20.8 Å². The number of hydrogen-bond acceptors (Lipinski definition) is 2. The van der Waals surface area contributed by atoms with E-state index in [2.05, 4.69) is 17.1 Å². The molecule has 1 saturated heterocycles. The zero-order chi connectivity index (χ0) is 14.0. The maximum atomic E-state index is 12.1. The third-order valence-corrected chi connectivity index (χ3v) is 4.42. The van der Waals surface area contributed by atoms with Crippen LogP contribution in [0.25, 0.3) is 0 Å². The number of amides is 1. The van der Waals surface area contributed by atoms with Gasteiger partial charge in [-0.15, -0.1) is 0 Å². The van der Waals surface area contributed by atoms with Crippen LogP contribution < -0.4 is 5.32 Å². The minimum absolute atomic E-state index is 0.195. The van der Waals surface area contributed by atoms with E-state index >= 15 is 0 Å². The molecule has 19 heavy (non-hydrogen) atoms. The lowest BCUT2D eigenvalue weighted by Gasteiger charge is -2.38. The smallest absolute Gasteiger partial charge is 0.225 e. The second-order valence-corrected chi connectivity index (χ2v) is 7.59. The Balaban J connectivity index is 1.89. The number of nitrogens with zero attached hydrogens (tertiary/aromatic N) is 1. The maximum absolute atomic E-state index is 12.1. The molecule has 0 aromatic rings. The van der Waals surface area contributed by atoms with Gasteiger partial charge in [-0.1, -0.05) is 34.1 Å². The number of carbonyl (C=O) groups is 1. The number of carbonyl (C=O) groups excluding carboxylic acids is 1. The normalized spacial score (nSPS) is 29.3. The van der Waals surface area contributed by atoms with E-state index < -0.39 is 0 Å². The monoisotopic (exact) mass is 266 g/mol. The highest BCUT2D eigenvalue weighted by Gasteiger charge is 2.33. The lowest BCUT2D eigenvalue weighted by atomic mass is 9.90. The van der Waals surface area contributed by atoms with Crippen molar-refractivity contribution in [1.29, 1.82) is 0 Å². The van der Waals surface area contributed by atoms with Gasteiger partial charge >= 0.3 is 0 Å². The van der Waals surface area contributed by atoms with Crippen LogP contribution in [-0.4, -0.2) is 36.5 Å². The van der Waals surface area contributed by atoms with Crippen LogP contribution in [-0.2, 0) is 4.79 Å². The topological polar surface area (TPSA) is 32.3 Å². The summed E-state index contributed by atoms with van der Waals surface area (Å²) in [6.45, 7) is 11.8. The summed E-state index contributed by atoms with van der Waals surface area (Å²) < 4.78 is 0.